The maximum absolute atomic E-state index is 12.0. The van der Waals surface area contributed by atoms with Crippen LogP contribution in [0.3, 0.4) is 0 Å². The lowest BCUT2D eigenvalue weighted by Gasteiger charge is -2.23. The molecule has 5 heteroatoms. The molecule has 1 N–H and O–H groups in total. The zero-order chi connectivity index (χ0) is 13.9. The molecule has 1 heterocycles. The van der Waals surface area contributed by atoms with Crippen LogP contribution < -0.4 is 5.32 Å². The van der Waals surface area contributed by atoms with Crippen molar-refractivity contribution in [1.29, 1.82) is 0 Å². The summed E-state index contributed by atoms with van der Waals surface area (Å²) in [6.07, 6.45) is 1.99. The summed E-state index contributed by atoms with van der Waals surface area (Å²) < 4.78 is 1.80. The third-order valence-electron chi connectivity index (χ3n) is 3.24. The van der Waals surface area contributed by atoms with Crippen LogP contribution in [0.15, 0.2) is 6.20 Å². The van der Waals surface area contributed by atoms with Crippen molar-refractivity contribution >= 4 is 5.91 Å². The first kappa shape index (κ1) is 14.7. The molecule has 1 rings (SSSR count). The van der Waals surface area contributed by atoms with E-state index in [9.17, 15) is 4.79 Å². The Morgan fingerprint density at radius 1 is 1.56 bits per heavy atom. The number of nitrogens with zero attached hydrogens (tertiary/aromatic N) is 3. The van der Waals surface area contributed by atoms with E-state index in [1.165, 1.54) is 0 Å². The van der Waals surface area contributed by atoms with Crippen molar-refractivity contribution in [2.24, 2.45) is 7.05 Å². The van der Waals surface area contributed by atoms with Crippen LogP contribution in [0, 0.1) is 6.92 Å². The highest BCUT2D eigenvalue weighted by Crippen LogP contribution is 2.16. The molecule has 102 valence electrons. The molecule has 0 spiro atoms. The predicted octanol–water partition coefficient (Wildman–Crippen LogP) is 1.25. The van der Waals surface area contributed by atoms with E-state index < -0.39 is 0 Å². The van der Waals surface area contributed by atoms with Crippen molar-refractivity contribution in [2.45, 2.75) is 39.8 Å². The van der Waals surface area contributed by atoms with E-state index in [2.05, 4.69) is 17.3 Å². The molecule has 0 saturated carbocycles. The van der Waals surface area contributed by atoms with Crippen molar-refractivity contribution in [3.05, 3.63) is 17.5 Å². The Bertz CT molecular complexity index is 413. The topological polar surface area (TPSA) is 50.2 Å². The monoisotopic (exact) mass is 252 g/mol. The lowest BCUT2D eigenvalue weighted by molar-refractivity contribution is -0.131. The normalized spacial score (nSPS) is 14.3. The van der Waals surface area contributed by atoms with Crippen LogP contribution >= 0.6 is 0 Å². The molecule has 1 aromatic heterocycles. The largest absolute Gasteiger partial charge is 0.345 e. The highest BCUT2D eigenvalue weighted by Gasteiger charge is 2.20. The molecule has 0 radical (unpaired) electrons. The summed E-state index contributed by atoms with van der Waals surface area (Å²) in [6.45, 7) is 8.64. The van der Waals surface area contributed by atoms with Gasteiger partial charge < -0.3 is 4.90 Å². The Morgan fingerprint density at radius 3 is 2.61 bits per heavy atom. The SMILES string of the molecule is CCN(C)C(=O)C(C)NC(C)c1cn(C)nc1C. The van der Waals surface area contributed by atoms with Crippen LogP contribution in [0.2, 0.25) is 0 Å². The second-order valence-corrected chi connectivity index (χ2v) is 4.81. The van der Waals surface area contributed by atoms with Gasteiger partial charge >= 0.3 is 0 Å². The smallest absolute Gasteiger partial charge is 0.239 e. The van der Waals surface area contributed by atoms with Crippen LogP contribution in [0.5, 0.6) is 0 Å². The number of rotatable bonds is 5. The fraction of sp³-hybridized carbons (Fsp3) is 0.692. The number of aromatic nitrogens is 2. The number of amides is 1. The zero-order valence-corrected chi connectivity index (χ0v) is 12.2. The van der Waals surface area contributed by atoms with E-state index in [1.807, 2.05) is 41.1 Å². The summed E-state index contributed by atoms with van der Waals surface area (Å²) in [5.74, 6) is 0.117. The standard InChI is InChI=1S/C13H24N4O/c1-7-16(5)13(18)11(4)14-9(2)12-8-17(6)15-10(12)3/h8-9,11,14H,7H2,1-6H3. The first-order valence-electron chi connectivity index (χ1n) is 6.38. The Hall–Kier alpha value is -1.36. The minimum Gasteiger partial charge on any atom is -0.345 e. The highest BCUT2D eigenvalue weighted by molar-refractivity contribution is 5.81. The molecule has 0 bridgehead atoms. The molecular formula is C13H24N4O. The minimum atomic E-state index is -0.190. The van der Waals surface area contributed by atoms with E-state index in [0.717, 1.165) is 17.8 Å². The van der Waals surface area contributed by atoms with Gasteiger partial charge in [0.2, 0.25) is 5.91 Å². The summed E-state index contributed by atoms with van der Waals surface area (Å²) in [4.78, 5) is 13.7. The van der Waals surface area contributed by atoms with Crippen molar-refractivity contribution in [3.8, 4) is 0 Å². The Balaban J connectivity index is 2.67. The molecule has 5 nitrogen and oxygen atoms in total. The summed E-state index contributed by atoms with van der Waals surface area (Å²) in [6, 6.07) is -0.0764. The zero-order valence-electron chi connectivity index (χ0n) is 12.2. The summed E-state index contributed by atoms with van der Waals surface area (Å²) >= 11 is 0. The third-order valence-corrected chi connectivity index (χ3v) is 3.24. The van der Waals surface area contributed by atoms with Crippen LogP contribution in [0.25, 0.3) is 0 Å². The van der Waals surface area contributed by atoms with Gasteiger partial charge in [0, 0.05) is 38.4 Å². The maximum atomic E-state index is 12.0. The fourth-order valence-electron chi connectivity index (χ4n) is 2.07. The minimum absolute atomic E-state index is 0.114. The Kier molecular flexibility index (Phi) is 4.90. The quantitative estimate of drug-likeness (QED) is 0.858. The molecule has 0 aromatic carbocycles. The van der Waals surface area contributed by atoms with Crippen molar-refractivity contribution in [3.63, 3.8) is 0 Å². The molecule has 1 amide bonds. The molecular weight excluding hydrogens is 228 g/mol. The Labute approximate surface area is 109 Å². The van der Waals surface area contributed by atoms with Gasteiger partial charge in [0.25, 0.3) is 0 Å². The predicted molar refractivity (Wildman–Crippen MR) is 72.3 cm³/mol. The summed E-state index contributed by atoms with van der Waals surface area (Å²) in [7, 11) is 3.73. The van der Waals surface area contributed by atoms with E-state index in [0.29, 0.717) is 0 Å². The second-order valence-electron chi connectivity index (χ2n) is 4.81. The van der Waals surface area contributed by atoms with Crippen molar-refractivity contribution < 1.29 is 4.79 Å². The molecule has 0 aliphatic heterocycles. The van der Waals surface area contributed by atoms with Gasteiger partial charge in [-0.15, -0.1) is 0 Å². The molecule has 18 heavy (non-hydrogen) atoms. The van der Waals surface area contributed by atoms with Gasteiger partial charge in [-0.05, 0) is 27.7 Å². The van der Waals surface area contributed by atoms with E-state index in [1.54, 1.807) is 9.58 Å². The van der Waals surface area contributed by atoms with Gasteiger partial charge in [-0.1, -0.05) is 0 Å². The number of carbonyl (C=O) groups is 1. The molecule has 0 aliphatic carbocycles. The molecule has 0 saturated heterocycles. The molecule has 2 atom stereocenters. The van der Waals surface area contributed by atoms with Gasteiger partial charge in [0.05, 0.1) is 11.7 Å². The highest BCUT2D eigenvalue weighted by atomic mass is 16.2. The molecule has 0 fully saturated rings. The molecule has 2 unspecified atom stereocenters. The lowest BCUT2D eigenvalue weighted by Crippen LogP contribution is -2.43. The first-order valence-corrected chi connectivity index (χ1v) is 6.38. The van der Waals surface area contributed by atoms with Gasteiger partial charge in [-0.25, -0.2) is 0 Å². The van der Waals surface area contributed by atoms with Gasteiger partial charge in [0.15, 0.2) is 0 Å². The van der Waals surface area contributed by atoms with Crippen LogP contribution in [-0.2, 0) is 11.8 Å². The maximum Gasteiger partial charge on any atom is 0.239 e. The molecule has 0 aliphatic rings. The van der Waals surface area contributed by atoms with E-state index in [-0.39, 0.29) is 18.0 Å². The average Bonchev–Trinajstić information content (AvgIpc) is 2.66. The summed E-state index contributed by atoms with van der Waals surface area (Å²) in [5.41, 5.74) is 2.14. The average molecular weight is 252 g/mol. The van der Waals surface area contributed by atoms with Gasteiger partial charge in [-0.2, -0.15) is 5.10 Å². The first-order chi connectivity index (χ1) is 8.36. The number of hydrogen-bond donors (Lipinski definition) is 1. The number of nitrogens with one attached hydrogen (secondary N) is 1. The number of hydrogen-bond acceptors (Lipinski definition) is 3. The van der Waals surface area contributed by atoms with Gasteiger partial charge in [0.1, 0.15) is 0 Å². The van der Waals surface area contributed by atoms with E-state index in [4.69, 9.17) is 0 Å². The lowest BCUT2D eigenvalue weighted by atomic mass is 10.1. The second kappa shape index (κ2) is 6.00. The number of aryl methyl sites for hydroxylation is 2. The molecule has 1 aromatic rings. The third kappa shape index (κ3) is 3.32. The van der Waals surface area contributed by atoms with Crippen molar-refractivity contribution in [2.75, 3.05) is 13.6 Å². The number of carbonyl (C=O) groups excluding carboxylic acids is 1. The van der Waals surface area contributed by atoms with Gasteiger partial charge in [-0.3, -0.25) is 14.8 Å². The van der Waals surface area contributed by atoms with Crippen LogP contribution in [0.1, 0.15) is 38.1 Å². The van der Waals surface area contributed by atoms with Crippen LogP contribution in [-0.4, -0.2) is 40.2 Å². The fourth-order valence-corrected chi connectivity index (χ4v) is 2.07. The summed E-state index contributed by atoms with van der Waals surface area (Å²) in [5, 5.41) is 7.64. The Morgan fingerprint density at radius 2 is 2.17 bits per heavy atom. The van der Waals surface area contributed by atoms with E-state index >= 15 is 0 Å². The van der Waals surface area contributed by atoms with Crippen molar-refractivity contribution in [1.82, 2.24) is 20.0 Å². The number of likely N-dealkylation sites (N-methyl/N-ethyl adjacent to an activating group) is 1. The van der Waals surface area contributed by atoms with Crippen LogP contribution in [0.4, 0.5) is 0 Å².